The summed E-state index contributed by atoms with van der Waals surface area (Å²) in [6, 6.07) is 13.1. The summed E-state index contributed by atoms with van der Waals surface area (Å²) in [4.78, 5) is 27.9. The molecule has 144 valence electrons. The number of hydrogen-bond acceptors (Lipinski definition) is 5. The highest BCUT2D eigenvalue weighted by Crippen LogP contribution is 2.30. The number of amidine groups is 1. The Hall–Kier alpha value is -3.06. The second kappa shape index (κ2) is 8.75. The van der Waals surface area contributed by atoms with E-state index in [1.165, 1.54) is 11.8 Å². The average molecular weight is 396 g/mol. The van der Waals surface area contributed by atoms with Gasteiger partial charge in [0.1, 0.15) is 5.75 Å². The fourth-order valence-corrected chi connectivity index (χ4v) is 3.46. The van der Waals surface area contributed by atoms with Gasteiger partial charge in [-0.25, -0.2) is 4.99 Å². The normalized spacial score (nSPS) is 16.4. The van der Waals surface area contributed by atoms with Gasteiger partial charge in [-0.15, -0.1) is 0 Å². The number of aliphatic imine (C=N–C) groups is 1. The molecule has 2 N–H and O–H groups in total. The molecule has 7 heteroatoms. The van der Waals surface area contributed by atoms with Gasteiger partial charge in [-0.3, -0.25) is 9.59 Å². The van der Waals surface area contributed by atoms with Crippen molar-refractivity contribution in [2.75, 3.05) is 6.61 Å². The zero-order valence-corrected chi connectivity index (χ0v) is 16.4. The molecule has 0 radical (unpaired) electrons. The standard InChI is InChI=1S/C21H20N2O4S/c1-13-6-7-17(14(2)10-13)22-21-23-20(26)18(28-21)12-15-4-3-5-16(11-15)27-9-8-19(24)25/h3-7,10-12H,8-9H2,1-2H3,(H,24,25)(H,22,23,26)/b18-12+. The van der Waals surface area contributed by atoms with E-state index in [2.05, 4.69) is 10.3 Å². The Morgan fingerprint density at radius 2 is 2.07 bits per heavy atom. The van der Waals surface area contributed by atoms with Crippen molar-refractivity contribution < 1.29 is 19.4 Å². The SMILES string of the molecule is Cc1ccc(N=C2NC(=O)/C(=C\c3cccc(OCCC(=O)O)c3)S2)c(C)c1. The zero-order chi connectivity index (χ0) is 20.1. The van der Waals surface area contributed by atoms with E-state index in [4.69, 9.17) is 9.84 Å². The number of carbonyl (C=O) groups is 2. The van der Waals surface area contributed by atoms with Gasteiger partial charge < -0.3 is 15.2 Å². The minimum atomic E-state index is -0.909. The number of thioether (sulfide) groups is 1. The molecule has 0 unspecified atom stereocenters. The quantitative estimate of drug-likeness (QED) is 0.719. The maximum Gasteiger partial charge on any atom is 0.306 e. The Morgan fingerprint density at radius 1 is 1.25 bits per heavy atom. The van der Waals surface area contributed by atoms with E-state index in [9.17, 15) is 9.59 Å². The van der Waals surface area contributed by atoms with E-state index in [1.54, 1.807) is 24.3 Å². The Balaban J connectivity index is 1.73. The highest BCUT2D eigenvalue weighted by Gasteiger charge is 2.24. The van der Waals surface area contributed by atoms with Gasteiger partial charge in [0.15, 0.2) is 5.17 Å². The maximum atomic E-state index is 12.3. The number of carboxylic acid groups (broad SMARTS) is 1. The van der Waals surface area contributed by atoms with Crippen LogP contribution in [0.3, 0.4) is 0 Å². The summed E-state index contributed by atoms with van der Waals surface area (Å²) in [5.74, 6) is -0.554. The first-order valence-corrected chi connectivity index (χ1v) is 9.54. The lowest BCUT2D eigenvalue weighted by Gasteiger charge is -2.05. The maximum absolute atomic E-state index is 12.3. The molecule has 0 spiro atoms. The third kappa shape index (κ3) is 5.23. The molecule has 1 saturated heterocycles. The smallest absolute Gasteiger partial charge is 0.306 e. The molecule has 2 aromatic carbocycles. The van der Waals surface area contributed by atoms with Crippen LogP contribution in [0.25, 0.3) is 6.08 Å². The van der Waals surface area contributed by atoms with Gasteiger partial charge in [0, 0.05) is 0 Å². The monoisotopic (exact) mass is 396 g/mol. The summed E-state index contributed by atoms with van der Waals surface area (Å²) in [6.45, 7) is 4.11. The molecule has 0 aliphatic carbocycles. The number of amides is 1. The minimum absolute atomic E-state index is 0.0676. The summed E-state index contributed by atoms with van der Waals surface area (Å²) < 4.78 is 5.43. The molecule has 3 rings (SSSR count). The fourth-order valence-electron chi connectivity index (χ4n) is 2.62. The number of aryl methyl sites for hydroxylation is 2. The van der Waals surface area contributed by atoms with Crippen LogP contribution in [0.4, 0.5) is 5.69 Å². The molecule has 1 fully saturated rings. The Morgan fingerprint density at radius 3 is 2.82 bits per heavy atom. The predicted octanol–water partition coefficient (Wildman–Crippen LogP) is 4.05. The summed E-state index contributed by atoms with van der Waals surface area (Å²) in [5.41, 5.74) is 3.82. The van der Waals surface area contributed by atoms with Crippen molar-refractivity contribution in [2.45, 2.75) is 20.3 Å². The number of hydrogen-bond donors (Lipinski definition) is 2. The van der Waals surface area contributed by atoms with Crippen LogP contribution in [0.2, 0.25) is 0 Å². The van der Waals surface area contributed by atoms with E-state index in [-0.39, 0.29) is 18.9 Å². The molecule has 1 aliphatic rings. The highest BCUT2D eigenvalue weighted by atomic mass is 32.2. The van der Waals surface area contributed by atoms with Crippen molar-refractivity contribution in [2.24, 2.45) is 4.99 Å². The number of aliphatic carboxylic acids is 1. The molecule has 0 bridgehead atoms. The molecule has 0 aromatic heterocycles. The summed E-state index contributed by atoms with van der Waals surface area (Å²) in [7, 11) is 0. The van der Waals surface area contributed by atoms with Crippen LogP contribution in [0.5, 0.6) is 5.75 Å². The summed E-state index contributed by atoms with van der Waals surface area (Å²) >= 11 is 1.28. The van der Waals surface area contributed by atoms with Crippen molar-refractivity contribution in [3.05, 3.63) is 64.1 Å². The molecule has 1 amide bonds. The van der Waals surface area contributed by atoms with E-state index in [1.807, 2.05) is 38.1 Å². The molecule has 6 nitrogen and oxygen atoms in total. The molecule has 0 saturated carbocycles. The Labute approximate surface area is 167 Å². The number of nitrogens with zero attached hydrogens (tertiary/aromatic N) is 1. The molecule has 2 aromatic rings. The third-order valence-corrected chi connectivity index (χ3v) is 4.88. The number of carboxylic acids is 1. The van der Waals surface area contributed by atoms with Gasteiger partial charge >= 0.3 is 5.97 Å². The summed E-state index contributed by atoms with van der Waals surface area (Å²) in [6.07, 6.45) is 1.69. The Kier molecular flexibility index (Phi) is 6.16. The molecule has 1 aliphatic heterocycles. The van der Waals surface area contributed by atoms with Crippen LogP contribution in [0.15, 0.2) is 52.4 Å². The molecule has 1 heterocycles. The van der Waals surface area contributed by atoms with Crippen LogP contribution >= 0.6 is 11.8 Å². The topological polar surface area (TPSA) is 88.0 Å². The van der Waals surface area contributed by atoms with E-state index < -0.39 is 5.97 Å². The second-order valence-corrected chi connectivity index (χ2v) is 7.37. The number of nitrogens with one attached hydrogen (secondary N) is 1. The number of ether oxygens (including phenoxy) is 1. The van der Waals surface area contributed by atoms with Crippen molar-refractivity contribution in [3.63, 3.8) is 0 Å². The first-order valence-electron chi connectivity index (χ1n) is 8.72. The fraction of sp³-hybridized carbons (Fsp3) is 0.190. The van der Waals surface area contributed by atoms with Crippen molar-refractivity contribution in [3.8, 4) is 5.75 Å². The van der Waals surface area contributed by atoms with Gasteiger partial charge in [0.05, 0.1) is 23.6 Å². The number of benzene rings is 2. The van der Waals surface area contributed by atoms with Gasteiger partial charge in [-0.1, -0.05) is 29.8 Å². The van der Waals surface area contributed by atoms with Gasteiger partial charge in [-0.05, 0) is 61.0 Å². The van der Waals surface area contributed by atoms with Crippen molar-refractivity contribution >= 4 is 40.6 Å². The number of carbonyl (C=O) groups excluding carboxylic acids is 1. The van der Waals surface area contributed by atoms with Crippen LogP contribution < -0.4 is 10.1 Å². The third-order valence-electron chi connectivity index (χ3n) is 3.97. The highest BCUT2D eigenvalue weighted by molar-refractivity contribution is 8.18. The minimum Gasteiger partial charge on any atom is -0.493 e. The van der Waals surface area contributed by atoms with Gasteiger partial charge in [0.2, 0.25) is 0 Å². The lowest BCUT2D eigenvalue weighted by atomic mass is 10.1. The van der Waals surface area contributed by atoms with E-state index >= 15 is 0 Å². The lowest BCUT2D eigenvalue weighted by molar-refractivity contribution is -0.137. The first-order chi connectivity index (χ1) is 13.4. The lowest BCUT2D eigenvalue weighted by Crippen LogP contribution is -2.19. The molecule has 28 heavy (non-hydrogen) atoms. The van der Waals surface area contributed by atoms with Crippen LogP contribution in [0.1, 0.15) is 23.1 Å². The largest absolute Gasteiger partial charge is 0.493 e. The van der Waals surface area contributed by atoms with Crippen molar-refractivity contribution in [1.82, 2.24) is 5.32 Å². The first kappa shape index (κ1) is 19.7. The van der Waals surface area contributed by atoms with Crippen LogP contribution in [-0.4, -0.2) is 28.8 Å². The predicted molar refractivity (Wildman–Crippen MR) is 111 cm³/mol. The zero-order valence-electron chi connectivity index (χ0n) is 15.6. The van der Waals surface area contributed by atoms with E-state index in [0.29, 0.717) is 15.8 Å². The second-order valence-electron chi connectivity index (χ2n) is 6.34. The molecule has 0 atom stereocenters. The summed E-state index contributed by atoms with van der Waals surface area (Å²) in [5, 5.41) is 12.0. The van der Waals surface area contributed by atoms with Crippen molar-refractivity contribution in [1.29, 1.82) is 0 Å². The van der Waals surface area contributed by atoms with Crippen LogP contribution in [0, 0.1) is 13.8 Å². The van der Waals surface area contributed by atoms with Gasteiger partial charge in [0.25, 0.3) is 5.91 Å². The average Bonchev–Trinajstić information content (AvgIpc) is 2.97. The van der Waals surface area contributed by atoms with E-state index in [0.717, 1.165) is 22.4 Å². The Bertz CT molecular complexity index is 982. The molecular weight excluding hydrogens is 376 g/mol. The molecular formula is C21H20N2O4S. The number of rotatable bonds is 6. The van der Waals surface area contributed by atoms with Gasteiger partial charge in [-0.2, -0.15) is 0 Å². The van der Waals surface area contributed by atoms with Crippen LogP contribution in [-0.2, 0) is 9.59 Å².